The van der Waals surface area contributed by atoms with Crippen LogP contribution in [0.4, 0.5) is 10.2 Å². The number of benzene rings is 1. The Morgan fingerprint density at radius 3 is 3.10 bits per heavy atom. The lowest BCUT2D eigenvalue weighted by molar-refractivity contribution is -0.119. The van der Waals surface area contributed by atoms with Crippen LogP contribution < -0.4 is 10.2 Å². The highest BCUT2D eigenvalue weighted by Crippen LogP contribution is 2.26. The van der Waals surface area contributed by atoms with Crippen LogP contribution in [0.15, 0.2) is 24.5 Å². The van der Waals surface area contributed by atoms with Crippen molar-refractivity contribution >= 4 is 22.6 Å². The predicted octanol–water partition coefficient (Wildman–Crippen LogP) is 1.87. The van der Waals surface area contributed by atoms with E-state index in [0.717, 1.165) is 30.7 Å². The highest BCUT2D eigenvalue weighted by atomic mass is 19.1. The van der Waals surface area contributed by atoms with Gasteiger partial charge in [-0.25, -0.2) is 14.4 Å². The van der Waals surface area contributed by atoms with Crippen LogP contribution in [0.1, 0.15) is 19.8 Å². The molecule has 3 rings (SSSR count). The van der Waals surface area contributed by atoms with Crippen molar-refractivity contribution in [3.63, 3.8) is 0 Å². The minimum absolute atomic E-state index is 0.0274. The van der Waals surface area contributed by atoms with Gasteiger partial charge in [0.15, 0.2) is 0 Å². The van der Waals surface area contributed by atoms with Crippen molar-refractivity contribution in [3.05, 3.63) is 30.3 Å². The van der Waals surface area contributed by atoms with Crippen LogP contribution in [-0.4, -0.2) is 35.0 Å². The Labute approximate surface area is 122 Å². The van der Waals surface area contributed by atoms with Crippen molar-refractivity contribution < 1.29 is 9.18 Å². The number of carbonyl (C=O) groups excluding carboxylic acids is 1. The summed E-state index contributed by atoms with van der Waals surface area (Å²) in [4.78, 5) is 21.8. The van der Waals surface area contributed by atoms with Crippen molar-refractivity contribution in [2.24, 2.45) is 0 Å². The van der Waals surface area contributed by atoms with Gasteiger partial charge in [0.05, 0.1) is 5.52 Å². The highest BCUT2D eigenvalue weighted by molar-refractivity contribution is 5.89. The molecule has 21 heavy (non-hydrogen) atoms. The lowest BCUT2D eigenvalue weighted by Gasteiger charge is -2.34. The van der Waals surface area contributed by atoms with Crippen molar-refractivity contribution in [2.45, 2.75) is 25.8 Å². The van der Waals surface area contributed by atoms with E-state index in [1.807, 2.05) is 0 Å². The monoisotopic (exact) mass is 288 g/mol. The number of anilines is 1. The number of rotatable bonds is 2. The molecular formula is C15H17FN4O. The minimum atomic E-state index is -0.297. The predicted molar refractivity (Wildman–Crippen MR) is 78.5 cm³/mol. The standard InChI is InChI=1S/C15H17FN4O/c1-10(21)19-12-3-2-6-20(8-12)15-13-7-11(16)4-5-14(13)17-9-18-15/h4-5,7,9,12H,2-3,6,8H2,1H3,(H,19,21). The van der Waals surface area contributed by atoms with Crippen LogP contribution in [0.5, 0.6) is 0 Å². The summed E-state index contributed by atoms with van der Waals surface area (Å²) in [5.41, 5.74) is 0.725. The molecule has 1 atom stereocenters. The van der Waals surface area contributed by atoms with E-state index in [0.29, 0.717) is 11.9 Å². The van der Waals surface area contributed by atoms with Crippen molar-refractivity contribution in [1.82, 2.24) is 15.3 Å². The van der Waals surface area contributed by atoms with E-state index in [1.165, 1.54) is 25.4 Å². The molecule has 1 N–H and O–H groups in total. The fourth-order valence-corrected chi connectivity index (χ4v) is 2.84. The lowest BCUT2D eigenvalue weighted by atomic mass is 10.0. The van der Waals surface area contributed by atoms with Gasteiger partial charge in [0.2, 0.25) is 5.91 Å². The van der Waals surface area contributed by atoms with E-state index >= 15 is 0 Å². The maximum atomic E-state index is 13.5. The summed E-state index contributed by atoms with van der Waals surface area (Å²) in [5, 5.41) is 3.65. The highest BCUT2D eigenvalue weighted by Gasteiger charge is 2.23. The third-order valence-corrected chi connectivity index (χ3v) is 3.70. The topological polar surface area (TPSA) is 58.1 Å². The number of hydrogen-bond acceptors (Lipinski definition) is 4. The van der Waals surface area contributed by atoms with Gasteiger partial charge < -0.3 is 10.2 Å². The zero-order valence-corrected chi connectivity index (χ0v) is 11.8. The summed E-state index contributed by atoms with van der Waals surface area (Å²) in [5.74, 6) is 0.406. The summed E-state index contributed by atoms with van der Waals surface area (Å²) < 4.78 is 13.5. The summed E-state index contributed by atoms with van der Waals surface area (Å²) in [6, 6.07) is 4.63. The molecule has 1 aliphatic heterocycles. The van der Waals surface area contributed by atoms with Gasteiger partial charge in [0.1, 0.15) is 18.0 Å². The van der Waals surface area contributed by atoms with Crippen LogP contribution >= 0.6 is 0 Å². The molecule has 0 spiro atoms. The molecule has 5 nitrogen and oxygen atoms in total. The SMILES string of the molecule is CC(=O)NC1CCCN(c2ncnc3ccc(F)cc23)C1. The van der Waals surface area contributed by atoms with Gasteiger partial charge in [-0.05, 0) is 31.0 Å². The van der Waals surface area contributed by atoms with E-state index in [-0.39, 0.29) is 17.8 Å². The molecule has 0 radical (unpaired) electrons. The molecule has 6 heteroatoms. The number of halogens is 1. The molecule has 1 amide bonds. The molecule has 0 saturated carbocycles. The van der Waals surface area contributed by atoms with Crippen molar-refractivity contribution in [1.29, 1.82) is 0 Å². The first-order chi connectivity index (χ1) is 10.1. The average Bonchev–Trinajstić information content (AvgIpc) is 2.46. The number of piperidine rings is 1. The molecule has 1 aromatic carbocycles. The van der Waals surface area contributed by atoms with Crippen molar-refractivity contribution in [3.8, 4) is 0 Å². The Morgan fingerprint density at radius 1 is 1.43 bits per heavy atom. The molecule has 0 bridgehead atoms. The number of carbonyl (C=O) groups is 1. The van der Waals surface area contributed by atoms with Crippen LogP contribution in [0, 0.1) is 5.82 Å². The quantitative estimate of drug-likeness (QED) is 0.916. The summed E-state index contributed by atoms with van der Waals surface area (Å²) in [6.45, 7) is 3.05. The third kappa shape index (κ3) is 2.94. The molecule has 0 aliphatic carbocycles. The maximum absolute atomic E-state index is 13.5. The number of hydrogen-bond donors (Lipinski definition) is 1. The van der Waals surface area contributed by atoms with Gasteiger partial charge in [-0.1, -0.05) is 0 Å². The summed E-state index contributed by atoms with van der Waals surface area (Å²) >= 11 is 0. The third-order valence-electron chi connectivity index (χ3n) is 3.70. The zero-order valence-electron chi connectivity index (χ0n) is 11.8. The number of nitrogens with one attached hydrogen (secondary N) is 1. The molecule has 1 aromatic heterocycles. The largest absolute Gasteiger partial charge is 0.354 e. The van der Waals surface area contributed by atoms with Crippen molar-refractivity contribution in [2.75, 3.05) is 18.0 Å². The average molecular weight is 288 g/mol. The molecule has 110 valence electrons. The van der Waals surface area contributed by atoms with Gasteiger partial charge in [0.25, 0.3) is 0 Å². The van der Waals surface area contributed by atoms with Crippen LogP contribution in [0.25, 0.3) is 10.9 Å². The van der Waals surface area contributed by atoms with E-state index in [4.69, 9.17) is 0 Å². The fourth-order valence-electron chi connectivity index (χ4n) is 2.84. The normalized spacial score (nSPS) is 18.8. The molecular weight excluding hydrogens is 271 g/mol. The second kappa shape index (κ2) is 5.63. The van der Waals surface area contributed by atoms with Gasteiger partial charge in [-0.3, -0.25) is 4.79 Å². The van der Waals surface area contributed by atoms with Crippen LogP contribution in [0.3, 0.4) is 0 Å². The first-order valence-corrected chi connectivity index (χ1v) is 7.06. The first-order valence-electron chi connectivity index (χ1n) is 7.06. The number of nitrogens with zero attached hydrogens (tertiary/aromatic N) is 3. The van der Waals surface area contributed by atoms with E-state index in [2.05, 4.69) is 20.2 Å². The zero-order chi connectivity index (χ0) is 14.8. The Balaban J connectivity index is 1.92. The summed E-state index contributed by atoms with van der Waals surface area (Å²) in [7, 11) is 0. The number of fused-ring (bicyclic) bond motifs is 1. The van der Waals surface area contributed by atoms with Crippen LogP contribution in [0.2, 0.25) is 0 Å². The molecule has 1 unspecified atom stereocenters. The number of aromatic nitrogens is 2. The van der Waals surface area contributed by atoms with E-state index in [9.17, 15) is 9.18 Å². The van der Waals surface area contributed by atoms with E-state index in [1.54, 1.807) is 6.07 Å². The van der Waals surface area contributed by atoms with E-state index < -0.39 is 0 Å². The lowest BCUT2D eigenvalue weighted by Crippen LogP contribution is -2.47. The molecule has 1 fully saturated rings. The second-order valence-electron chi connectivity index (χ2n) is 5.34. The Hall–Kier alpha value is -2.24. The second-order valence-corrected chi connectivity index (χ2v) is 5.34. The molecule has 2 aromatic rings. The van der Waals surface area contributed by atoms with Gasteiger partial charge in [-0.15, -0.1) is 0 Å². The fraction of sp³-hybridized carbons (Fsp3) is 0.400. The summed E-state index contributed by atoms with van der Waals surface area (Å²) in [6.07, 6.45) is 3.41. The van der Waals surface area contributed by atoms with Gasteiger partial charge >= 0.3 is 0 Å². The first kappa shape index (κ1) is 13.7. The molecule has 1 aliphatic rings. The van der Waals surface area contributed by atoms with Gasteiger partial charge in [-0.2, -0.15) is 0 Å². The maximum Gasteiger partial charge on any atom is 0.217 e. The molecule has 2 heterocycles. The Bertz CT molecular complexity index is 676. The Kier molecular flexibility index (Phi) is 3.68. The molecule has 1 saturated heterocycles. The van der Waals surface area contributed by atoms with Gasteiger partial charge in [0, 0.05) is 31.4 Å². The smallest absolute Gasteiger partial charge is 0.217 e. The Morgan fingerprint density at radius 2 is 2.29 bits per heavy atom. The van der Waals surface area contributed by atoms with Crippen LogP contribution in [-0.2, 0) is 4.79 Å². The number of amides is 1. The minimum Gasteiger partial charge on any atom is -0.354 e.